The molecule has 1 N–H and O–H groups in total. The minimum Gasteiger partial charge on any atom is -0.374 e. The normalized spacial score (nSPS) is 21.5. The quantitative estimate of drug-likeness (QED) is 0.656. The number of rotatable bonds is 5. The second kappa shape index (κ2) is 10.4. The number of hydrogen-bond acceptors (Lipinski definition) is 3. The van der Waals surface area contributed by atoms with Crippen LogP contribution in [0.2, 0.25) is 0 Å². The van der Waals surface area contributed by atoms with Crippen molar-refractivity contribution in [3.8, 4) is 0 Å². The van der Waals surface area contributed by atoms with Crippen LogP contribution < -0.4 is 5.32 Å². The molecule has 0 unspecified atom stereocenters. The third-order valence-electron chi connectivity index (χ3n) is 5.58. The van der Waals surface area contributed by atoms with Gasteiger partial charge in [0.1, 0.15) is 5.82 Å². The van der Waals surface area contributed by atoms with E-state index in [4.69, 9.17) is 4.74 Å². The van der Waals surface area contributed by atoms with Crippen molar-refractivity contribution >= 4 is 40.7 Å². The van der Waals surface area contributed by atoms with E-state index in [0.717, 1.165) is 49.1 Å². The van der Waals surface area contributed by atoms with Crippen LogP contribution in [0.25, 0.3) is 0 Å². The van der Waals surface area contributed by atoms with E-state index in [2.05, 4.69) is 50.4 Å². The molecular formula is C21H26BrCl2FN2O. The maximum Gasteiger partial charge on any atom is 0.124 e. The molecule has 0 spiro atoms. The number of hydrogen-bond donors (Lipinski definition) is 1. The molecule has 2 aromatic carbocycles. The van der Waals surface area contributed by atoms with Crippen molar-refractivity contribution in [2.24, 2.45) is 0 Å². The van der Waals surface area contributed by atoms with Gasteiger partial charge in [0.2, 0.25) is 0 Å². The topological polar surface area (TPSA) is 24.5 Å². The smallest absolute Gasteiger partial charge is 0.124 e. The molecule has 0 aromatic heterocycles. The monoisotopic (exact) mass is 490 g/mol. The Balaban J connectivity index is 0.00000140. The molecule has 7 heteroatoms. The van der Waals surface area contributed by atoms with Gasteiger partial charge in [-0.3, -0.25) is 4.90 Å². The van der Waals surface area contributed by atoms with Crippen molar-refractivity contribution in [2.75, 3.05) is 32.8 Å². The van der Waals surface area contributed by atoms with Crippen LogP contribution in [0, 0.1) is 5.82 Å². The molecule has 0 saturated carbocycles. The zero-order valence-electron chi connectivity index (χ0n) is 15.6. The summed E-state index contributed by atoms with van der Waals surface area (Å²) in [6.07, 6.45) is 2.17. The van der Waals surface area contributed by atoms with Crippen molar-refractivity contribution < 1.29 is 9.13 Å². The van der Waals surface area contributed by atoms with Crippen LogP contribution in [0.5, 0.6) is 0 Å². The first kappa shape index (κ1) is 23.6. The molecule has 2 aliphatic rings. The van der Waals surface area contributed by atoms with E-state index in [0.29, 0.717) is 13.2 Å². The maximum atomic E-state index is 13.6. The number of ether oxygens (including phenoxy) is 1. The molecule has 1 aliphatic heterocycles. The molecule has 1 aliphatic carbocycles. The predicted octanol–water partition coefficient (Wildman–Crippen LogP) is 4.70. The van der Waals surface area contributed by atoms with Gasteiger partial charge in [0, 0.05) is 30.7 Å². The number of piperazine rings is 1. The van der Waals surface area contributed by atoms with Crippen LogP contribution in [0.3, 0.4) is 0 Å². The van der Waals surface area contributed by atoms with E-state index in [1.807, 2.05) is 6.07 Å². The van der Waals surface area contributed by atoms with E-state index < -0.39 is 0 Å². The van der Waals surface area contributed by atoms with Crippen LogP contribution in [-0.2, 0) is 23.3 Å². The molecule has 1 heterocycles. The summed E-state index contributed by atoms with van der Waals surface area (Å²) in [5.41, 5.74) is 3.63. The Kier molecular flexibility index (Phi) is 8.74. The van der Waals surface area contributed by atoms with Crippen LogP contribution in [0.1, 0.15) is 23.1 Å². The average Bonchev–Trinajstić information content (AvgIpc) is 3.02. The van der Waals surface area contributed by atoms with Gasteiger partial charge in [0.05, 0.1) is 18.8 Å². The summed E-state index contributed by atoms with van der Waals surface area (Å²) in [5.74, 6) is -0.235. The number of halogens is 4. The summed E-state index contributed by atoms with van der Waals surface area (Å²) in [6.45, 7) is 5.15. The molecule has 2 aromatic rings. The highest BCUT2D eigenvalue weighted by Crippen LogP contribution is 2.42. The number of fused-ring (bicyclic) bond motifs is 1. The Labute approximate surface area is 187 Å². The summed E-state index contributed by atoms with van der Waals surface area (Å²) in [4.78, 5) is 2.58. The molecule has 1 saturated heterocycles. The summed E-state index contributed by atoms with van der Waals surface area (Å²) in [6, 6.07) is 13.7. The van der Waals surface area contributed by atoms with E-state index in [-0.39, 0.29) is 36.2 Å². The van der Waals surface area contributed by atoms with E-state index in [1.165, 1.54) is 17.2 Å². The number of nitrogens with zero attached hydrogens (tertiary/aromatic N) is 1. The molecule has 0 amide bonds. The first-order valence-corrected chi connectivity index (χ1v) is 10.0. The molecule has 1 fully saturated rings. The third kappa shape index (κ3) is 4.89. The molecule has 4 rings (SSSR count). The largest absolute Gasteiger partial charge is 0.374 e. The fourth-order valence-corrected chi connectivity index (χ4v) is 4.88. The van der Waals surface area contributed by atoms with Crippen molar-refractivity contribution in [3.63, 3.8) is 0 Å². The number of aryl methyl sites for hydroxylation is 1. The van der Waals surface area contributed by atoms with Gasteiger partial charge in [-0.2, -0.15) is 0 Å². The van der Waals surface area contributed by atoms with Gasteiger partial charge in [-0.15, -0.1) is 24.8 Å². The van der Waals surface area contributed by atoms with Crippen molar-refractivity contribution in [2.45, 2.75) is 25.0 Å². The first-order valence-electron chi connectivity index (χ1n) is 9.24. The highest BCUT2D eigenvalue weighted by atomic mass is 79.9. The predicted molar refractivity (Wildman–Crippen MR) is 119 cm³/mol. The lowest BCUT2D eigenvalue weighted by Gasteiger charge is -2.44. The zero-order chi connectivity index (χ0) is 18.0. The first-order chi connectivity index (χ1) is 12.7. The third-order valence-corrected chi connectivity index (χ3v) is 6.04. The van der Waals surface area contributed by atoms with Gasteiger partial charge in [-0.05, 0) is 47.7 Å². The SMILES string of the molecule is Cl.Cl.Fc1cc(Br)cc(COC[C@]2(N3CCNCC3)CCc3ccccc32)c1. The van der Waals surface area contributed by atoms with E-state index in [9.17, 15) is 4.39 Å². The van der Waals surface area contributed by atoms with Crippen molar-refractivity contribution in [1.82, 2.24) is 10.2 Å². The van der Waals surface area contributed by atoms with Crippen molar-refractivity contribution in [3.05, 3.63) is 69.4 Å². The summed E-state index contributed by atoms with van der Waals surface area (Å²) < 4.78 is 20.5. The molecule has 3 nitrogen and oxygen atoms in total. The maximum absolute atomic E-state index is 13.6. The minimum atomic E-state index is -0.235. The fourth-order valence-electron chi connectivity index (χ4n) is 4.36. The number of benzene rings is 2. The van der Waals surface area contributed by atoms with Crippen LogP contribution >= 0.6 is 40.7 Å². The van der Waals surface area contributed by atoms with Crippen LogP contribution in [0.4, 0.5) is 4.39 Å². The average molecular weight is 492 g/mol. The molecule has 0 radical (unpaired) electrons. The lowest BCUT2D eigenvalue weighted by atomic mass is 9.89. The van der Waals surface area contributed by atoms with E-state index >= 15 is 0 Å². The lowest BCUT2D eigenvalue weighted by Crippen LogP contribution is -2.55. The van der Waals surface area contributed by atoms with Gasteiger partial charge >= 0.3 is 0 Å². The molecule has 1 atom stereocenters. The summed E-state index contributed by atoms with van der Waals surface area (Å²) in [7, 11) is 0. The van der Waals surface area contributed by atoms with E-state index in [1.54, 1.807) is 6.07 Å². The number of nitrogens with one attached hydrogen (secondary N) is 1. The van der Waals surface area contributed by atoms with Gasteiger partial charge in [-0.25, -0.2) is 4.39 Å². The summed E-state index contributed by atoms with van der Waals surface area (Å²) >= 11 is 3.35. The second-order valence-electron chi connectivity index (χ2n) is 7.20. The Bertz CT molecular complexity index is 769. The second-order valence-corrected chi connectivity index (χ2v) is 8.11. The fraction of sp³-hybridized carbons (Fsp3) is 0.429. The summed E-state index contributed by atoms with van der Waals surface area (Å²) in [5, 5.41) is 3.44. The Morgan fingerprint density at radius 3 is 2.61 bits per heavy atom. The Morgan fingerprint density at radius 1 is 1.11 bits per heavy atom. The zero-order valence-corrected chi connectivity index (χ0v) is 18.8. The van der Waals surface area contributed by atoms with Crippen molar-refractivity contribution in [1.29, 1.82) is 0 Å². The molecular weight excluding hydrogens is 466 g/mol. The van der Waals surface area contributed by atoms with Crippen LogP contribution in [0.15, 0.2) is 46.9 Å². The van der Waals surface area contributed by atoms with Gasteiger partial charge < -0.3 is 10.1 Å². The molecule has 0 bridgehead atoms. The highest BCUT2D eigenvalue weighted by molar-refractivity contribution is 9.10. The van der Waals surface area contributed by atoms with Crippen LogP contribution in [-0.4, -0.2) is 37.7 Å². The lowest BCUT2D eigenvalue weighted by molar-refractivity contribution is -0.0240. The van der Waals surface area contributed by atoms with Gasteiger partial charge in [0.25, 0.3) is 0 Å². The highest BCUT2D eigenvalue weighted by Gasteiger charge is 2.44. The Hall–Kier alpha value is -0.690. The Morgan fingerprint density at radius 2 is 1.86 bits per heavy atom. The molecule has 28 heavy (non-hydrogen) atoms. The van der Waals surface area contributed by atoms with Gasteiger partial charge in [-0.1, -0.05) is 40.2 Å². The standard InChI is InChI=1S/C21H24BrFN2O.2ClH/c22-18-11-16(12-19(23)13-18)14-26-15-21(25-9-7-24-8-10-25)6-5-17-3-1-2-4-20(17)21;;/h1-4,11-13,24H,5-10,14-15H2;2*1H/t21-;;/m1../s1. The minimum absolute atomic E-state index is 0. The molecule has 154 valence electrons. The van der Waals surface area contributed by atoms with Gasteiger partial charge in [0.15, 0.2) is 0 Å².